The molecule has 4 rings (SSSR count). The molecule has 4 aromatic rings. The Morgan fingerprint density at radius 2 is 1.66 bits per heavy atom. The van der Waals surface area contributed by atoms with Crippen molar-refractivity contribution in [3.05, 3.63) is 78.1 Å². The number of sulfonamides is 1. The summed E-state index contributed by atoms with van der Waals surface area (Å²) in [6.07, 6.45) is 0. The lowest BCUT2D eigenvalue weighted by atomic mass is 10.2. The monoisotopic (exact) mass is 497 g/mol. The molecule has 0 aliphatic heterocycles. The van der Waals surface area contributed by atoms with Gasteiger partial charge >= 0.3 is 6.01 Å². The number of hydrogen-bond donors (Lipinski definition) is 0. The zero-order valence-electron chi connectivity index (χ0n) is 19.4. The third-order valence-corrected chi connectivity index (χ3v) is 7.55. The van der Waals surface area contributed by atoms with Gasteiger partial charge < -0.3 is 9.15 Å². The fraction of sp³-hybridized carbons (Fsp3) is 0.200. The first-order valence-electron chi connectivity index (χ1n) is 10.9. The van der Waals surface area contributed by atoms with Gasteiger partial charge in [-0.2, -0.15) is 9.29 Å². The predicted octanol–water partition coefficient (Wildman–Crippen LogP) is 4.98. The van der Waals surface area contributed by atoms with E-state index in [2.05, 4.69) is 4.98 Å². The van der Waals surface area contributed by atoms with E-state index in [0.717, 1.165) is 0 Å². The Hall–Kier alpha value is -3.76. The number of anilines is 2. The van der Waals surface area contributed by atoms with Crippen LogP contribution < -0.4 is 9.64 Å². The van der Waals surface area contributed by atoms with Crippen LogP contribution in [0.4, 0.5) is 16.1 Å². The molecule has 8 nitrogen and oxygen atoms in total. The highest BCUT2D eigenvalue weighted by Gasteiger charge is 2.27. The highest BCUT2D eigenvalue weighted by Crippen LogP contribution is 2.32. The second-order valence-corrected chi connectivity index (χ2v) is 9.50. The van der Waals surface area contributed by atoms with Crippen LogP contribution in [0.25, 0.3) is 11.1 Å². The largest absolute Gasteiger partial charge is 0.497 e. The molecule has 182 valence electrons. The van der Waals surface area contributed by atoms with Crippen molar-refractivity contribution < 1.29 is 26.8 Å². The van der Waals surface area contributed by atoms with Crippen molar-refractivity contribution >= 4 is 38.7 Å². The first-order valence-corrected chi connectivity index (χ1v) is 12.4. The van der Waals surface area contributed by atoms with E-state index in [4.69, 9.17) is 9.15 Å². The Balaban J connectivity index is 1.81. The Morgan fingerprint density at radius 1 is 1.00 bits per heavy atom. The van der Waals surface area contributed by atoms with Gasteiger partial charge in [-0.1, -0.05) is 13.8 Å². The molecule has 1 amide bonds. The molecule has 0 fully saturated rings. The number of hydrogen-bond acceptors (Lipinski definition) is 6. The lowest BCUT2D eigenvalue weighted by Crippen LogP contribution is -2.30. The summed E-state index contributed by atoms with van der Waals surface area (Å²) >= 11 is 0. The normalized spacial score (nSPS) is 11.7. The van der Waals surface area contributed by atoms with E-state index in [1.54, 1.807) is 38.1 Å². The maximum Gasteiger partial charge on any atom is 0.310 e. The van der Waals surface area contributed by atoms with Crippen molar-refractivity contribution in [2.75, 3.05) is 25.1 Å². The summed E-state index contributed by atoms with van der Waals surface area (Å²) in [7, 11) is -2.18. The molecule has 0 unspecified atom stereocenters. The minimum atomic E-state index is -3.71. The van der Waals surface area contributed by atoms with Crippen LogP contribution in [0.15, 0.2) is 76.0 Å². The molecule has 35 heavy (non-hydrogen) atoms. The van der Waals surface area contributed by atoms with Crippen LogP contribution in [0.2, 0.25) is 0 Å². The van der Waals surface area contributed by atoms with Crippen LogP contribution in [-0.2, 0) is 10.0 Å². The number of aromatic nitrogens is 1. The van der Waals surface area contributed by atoms with Gasteiger partial charge in [-0.05, 0) is 66.7 Å². The summed E-state index contributed by atoms with van der Waals surface area (Å²) < 4.78 is 51.7. The molecule has 0 aliphatic carbocycles. The topological polar surface area (TPSA) is 93.0 Å². The maximum atomic E-state index is 13.5. The fourth-order valence-corrected chi connectivity index (χ4v) is 5.11. The van der Waals surface area contributed by atoms with Crippen LogP contribution in [0, 0.1) is 5.82 Å². The summed E-state index contributed by atoms with van der Waals surface area (Å²) in [6, 6.07) is 16.1. The number of nitrogens with zero attached hydrogens (tertiary/aromatic N) is 3. The van der Waals surface area contributed by atoms with Gasteiger partial charge in [0.2, 0.25) is 10.0 Å². The first-order chi connectivity index (χ1) is 16.8. The van der Waals surface area contributed by atoms with Gasteiger partial charge in [0.05, 0.1) is 17.7 Å². The van der Waals surface area contributed by atoms with Crippen LogP contribution in [0.1, 0.15) is 24.2 Å². The smallest absolute Gasteiger partial charge is 0.310 e. The molecule has 0 saturated heterocycles. The highest BCUT2D eigenvalue weighted by atomic mass is 32.2. The summed E-state index contributed by atoms with van der Waals surface area (Å²) in [4.78, 5) is 19.2. The Labute approximate surface area is 202 Å². The van der Waals surface area contributed by atoms with Gasteiger partial charge in [-0.25, -0.2) is 17.7 Å². The van der Waals surface area contributed by atoms with Crippen LogP contribution in [0.5, 0.6) is 5.75 Å². The molecule has 0 radical (unpaired) electrons. The average Bonchev–Trinajstić information content (AvgIpc) is 3.28. The quantitative estimate of drug-likeness (QED) is 0.341. The molecular formula is C25H24FN3O5S. The van der Waals surface area contributed by atoms with Gasteiger partial charge in [0, 0.05) is 18.7 Å². The van der Waals surface area contributed by atoms with Gasteiger partial charge in [0.1, 0.15) is 17.1 Å². The Kier molecular flexibility index (Phi) is 6.86. The standard InChI is InChI=1S/C25H24FN3O5S/c1-4-28(5-2)35(31,32)21-14-15-23-22(16-21)27-25(34-23)29(19-10-12-20(33-3)13-11-19)24(30)17-6-8-18(26)9-7-17/h6-16H,4-5H2,1-3H3. The van der Waals surface area contributed by atoms with Gasteiger partial charge in [0.15, 0.2) is 5.58 Å². The number of halogens is 1. The van der Waals surface area contributed by atoms with Gasteiger partial charge in [-0.3, -0.25) is 4.79 Å². The molecule has 1 heterocycles. The average molecular weight is 498 g/mol. The lowest BCUT2D eigenvalue weighted by molar-refractivity contribution is 0.0995. The SMILES string of the molecule is CCN(CC)S(=O)(=O)c1ccc2oc(N(C(=O)c3ccc(F)cc3)c3ccc(OC)cc3)nc2c1. The number of methoxy groups -OCH3 is 1. The summed E-state index contributed by atoms with van der Waals surface area (Å²) in [5.74, 6) is -0.384. The third-order valence-electron chi connectivity index (χ3n) is 5.51. The second kappa shape index (κ2) is 9.85. The molecule has 10 heteroatoms. The molecular weight excluding hydrogens is 473 g/mol. The van der Waals surface area contributed by atoms with Crippen molar-refractivity contribution in [2.24, 2.45) is 0 Å². The maximum absolute atomic E-state index is 13.5. The molecule has 0 bridgehead atoms. The van der Waals surface area contributed by atoms with Crippen molar-refractivity contribution in [3.63, 3.8) is 0 Å². The minimum Gasteiger partial charge on any atom is -0.497 e. The molecule has 0 aliphatic rings. The van der Waals surface area contributed by atoms with Crippen molar-refractivity contribution in [3.8, 4) is 5.75 Å². The van der Waals surface area contributed by atoms with Crippen molar-refractivity contribution in [1.82, 2.24) is 9.29 Å². The number of ether oxygens (including phenoxy) is 1. The van der Waals surface area contributed by atoms with E-state index in [0.29, 0.717) is 30.1 Å². The van der Waals surface area contributed by atoms with Crippen LogP contribution >= 0.6 is 0 Å². The number of fused-ring (bicyclic) bond motifs is 1. The predicted molar refractivity (Wildman–Crippen MR) is 130 cm³/mol. The van der Waals surface area contributed by atoms with Crippen molar-refractivity contribution in [1.29, 1.82) is 0 Å². The van der Waals surface area contributed by atoms with Crippen LogP contribution in [-0.4, -0.2) is 43.8 Å². The van der Waals surface area contributed by atoms with E-state index in [-0.39, 0.29) is 22.0 Å². The number of benzene rings is 3. The minimum absolute atomic E-state index is 0.0584. The second-order valence-electron chi connectivity index (χ2n) is 7.56. The molecule has 0 saturated carbocycles. The molecule has 1 aromatic heterocycles. The number of amides is 1. The Morgan fingerprint density at radius 3 is 2.26 bits per heavy atom. The van der Waals surface area contributed by atoms with E-state index in [1.807, 2.05) is 0 Å². The lowest BCUT2D eigenvalue weighted by Gasteiger charge is -2.19. The van der Waals surface area contributed by atoms with Crippen LogP contribution in [0.3, 0.4) is 0 Å². The summed E-state index contributed by atoms with van der Waals surface area (Å²) in [5, 5.41) is 0. The number of carbonyl (C=O) groups excluding carboxylic acids is 1. The third kappa shape index (κ3) is 4.75. The number of carbonyl (C=O) groups is 1. The molecule has 0 N–H and O–H groups in total. The fourth-order valence-electron chi connectivity index (χ4n) is 3.63. The molecule has 3 aromatic carbocycles. The zero-order valence-corrected chi connectivity index (χ0v) is 20.3. The number of rotatable bonds is 8. The van der Waals surface area contributed by atoms with E-state index in [1.165, 1.54) is 58.8 Å². The van der Waals surface area contributed by atoms with Crippen molar-refractivity contribution in [2.45, 2.75) is 18.7 Å². The van der Waals surface area contributed by atoms with E-state index in [9.17, 15) is 17.6 Å². The number of oxazole rings is 1. The van der Waals surface area contributed by atoms with Gasteiger partial charge in [-0.15, -0.1) is 0 Å². The first kappa shape index (κ1) is 24.4. The highest BCUT2D eigenvalue weighted by molar-refractivity contribution is 7.89. The Bertz CT molecular complexity index is 1450. The van der Waals surface area contributed by atoms with E-state index < -0.39 is 21.7 Å². The molecule has 0 spiro atoms. The van der Waals surface area contributed by atoms with E-state index >= 15 is 0 Å². The summed E-state index contributed by atoms with van der Waals surface area (Å²) in [6.45, 7) is 4.19. The molecule has 0 atom stereocenters. The zero-order chi connectivity index (χ0) is 25.2. The van der Waals surface area contributed by atoms with Gasteiger partial charge in [0.25, 0.3) is 5.91 Å². The summed E-state index contributed by atoms with van der Waals surface area (Å²) in [5.41, 5.74) is 1.24.